The molecule has 1 N–H and O–H groups in total. The van der Waals surface area contributed by atoms with Crippen LogP contribution < -0.4 is 0 Å². The van der Waals surface area contributed by atoms with Crippen molar-refractivity contribution >= 4 is 28.3 Å². The fourth-order valence-electron chi connectivity index (χ4n) is 2.53. The molecule has 0 aliphatic carbocycles. The molecule has 1 aromatic carbocycles. The Balaban J connectivity index is 1.53. The van der Waals surface area contributed by atoms with Crippen molar-refractivity contribution in [3.63, 3.8) is 0 Å². The topological polar surface area (TPSA) is 61.9 Å². The van der Waals surface area contributed by atoms with Crippen LogP contribution >= 0.6 is 11.3 Å². The molecular weight excluding hydrogens is 327 g/mol. The summed E-state index contributed by atoms with van der Waals surface area (Å²) in [7, 11) is 1.80. The van der Waals surface area contributed by atoms with Crippen LogP contribution in [0.4, 0.5) is 4.39 Å². The van der Waals surface area contributed by atoms with Gasteiger partial charge in [-0.3, -0.25) is 4.79 Å². The number of aromatic nitrogens is 3. The fraction of sp³-hybridized carbons (Fsp3) is 0.353. The third-order valence-electron chi connectivity index (χ3n) is 4.01. The van der Waals surface area contributed by atoms with E-state index >= 15 is 0 Å². The molecule has 5 nitrogen and oxygen atoms in total. The number of carbonyl (C=O) groups excluding carboxylic acids is 1. The van der Waals surface area contributed by atoms with E-state index in [4.69, 9.17) is 0 Å². The number of H-pyrrole nitrogens is 1. The maximum absolute atomic E-state index is 13.2. The molecule has 0 unspecified atom stereocenters. The van der Waals surface area contributed by atoms with Gasteiger partial charge >= 0.3 is 0 Å². The van der Waals surface area contributed by atoms with E-state index in [1.807, 2.05) is 12.4 Å². The number of hydrogen-bond acceptors (Lipinski definition) is 4. The van der Waals surface area contributed by atoms with E-state index in [2.05, 4.69) is 15.0 Å². The zero-order chi connectivity index (χ0) is 17.1. The number of fused-ring (bicyclic) bond motifs is 1. The van der Waals surface area contributed by atoms with E-state index in [1.165, 1.54) is 12.1 Å². The van der Waals surface area contributed by atoms with Crippen molar-refractivity contribution in [1.82, 2.24) is 19.9 Å². The molecular formula is C17H19FN4OS. The first-order chi connectivity index (χ1) is 11.5. The lowest BCUT2D eigenvalue weighted by atomic mass is 10.2. The number of rotatable bonds is 6. The first-order valence-electron chi connectivity index (χ1n) is 7.80. The molecule has 0 spiro atoms. The Kier molecular flexibility index (Phi) is 4.89. The monoisotopic (exact) mass is 346 g/mol. The lowest BCUT2D eigenvalue weighted by Gasteiger charge is -2.16. The second-order valence-corrected chi connectivity index (χ2v) is 6.71. The van der Waals surface area contributed by atoms with Crippen molar-refractivity contribution in [2.45, 2.75) is 26.2 Å². The van der Waals surface area contributed by atoms with E-state index in [9.17, 15) is 9.18 Å². The maximum atomic E-state index is 13.2. The molecule has 24 heavy (non-hydrogen) atoms. The molecule has 7 heteroatoms. The Bertz CT molecular complexity index is 857. The number of aryl methyl sites for hydroxylation is 2. The van der Waals surface area contributed by atoms with Crippen LogP contribution in [0.2, 0.25) is 0 Å². The van der Waals surface area contributed by atoms with Gasteiger partial charge in [0.1, 0.15) is 11.6 Å². The molecule has 2 aromatic heterocycles. The largest absolute Gasteiger partial charge is 0.345 e. The number of nitrogens with one attached hydrogen (secondary N) is 1. The minimum atomic E-state index is -0.289. The Labute approximate surface area is 143 Å². The maximum Gasteiger partial charge on any atom is 0.222 e. The molecule has 0 aliphatic rings. The first-order valence-corrected chi connectivity index (χ1v) is 8.68. The van der Waals surface area contributed by atoms with Crippen molar-refractivity contribution in [3.8, 4) is 0 Å². The number of halogens is 1. The molecule has 3 aromatic rings. The number of imidazole rings is 1. The van der Waals surface area contributed by atoms with E-state index in [0.717, 1.165) is 28.3 Å². The van der Waals surface area contributed by atoms with Crippen LogP contribution in [-0.4, -0.2) is 39.4 Å². The highest BCUT2D eigenvalue weighted by Crippen LogP contribution is 2.15. The second-order valence-electron chi connectivity index (χ2n) is 5.77. The van der Waals surface area contributed by atoms with Crippen molar-refractivity contribution in [2.75, 3.05) is 13.6 Å². The van der Waals surface area contributed by atoms with Crippen molar-refractivity contribution < 1.29 is 9.18 Å². The Morgan fingerprint density at radius 1 is 1.38 bits per heavy atom. The van der Waals surface area contributed by atoms with Gasteiger partial charge in [0.25, 0.3) is 0 Å². The summed E-state index contributed by atoms with van der Waals surface area (Å²) in [6.07, 6.45) is 1.81. The fourth-order valence-corrected chi connectivity index (χ4v) is 3.31. The van der Waals surface area contributed by atoms with Crippen LogP contribution in [0.5, 0.6) is 0 Å². The summed E-state index contributed by atoms with van der Waals surface area (Å²) in [4.78, 5) is 26.8. The number of nitrogens with zero attached hydrogens (tertiary/aromatic N) is 3. The SMILES string of the molecule is Cc1ncsc1CCC(=O)N(C)CCc1nc2ccc(F)cc2[nH]1. The van der Waals surface area contributed by atoms with Crippen LogP contribution in [0, 0.1) is 12.7 Å². The minimum Gasteiger partial charge on any atom is -0.345 e. The molecule has 0 aliphatic heterocycles. The molecule has 0 saturated heterocycles. The first kappa shape index (κ1) is 16.6. The van der Waals surface area contributed by atoms with Crippen molar-refractivity contribution in [3.05, 3.63) is 45.9 Å². The second kappa shape index (κ2) is 7.09. The number of carbonyl (C=O) groups is 1. The number of amides is 1. The molecule has 0 radical (unpaired) electrons. The number of thiazole rings is 1. The predicted octanol–water partition coefficient (Wildman–Crippen LogP) is 3.10. The highest BCUT2D eigenvalue weighted by molar-refractivity contribution is 7.09. The van der Waals surface area contributed by atoms with Gasteiger partial charge in [0.2, 0.25) is 5.91 Å². The summed E-state index contributed by atoms with van der Waals surface area (Å²) < 4.78 is 13.2. The van der Waals surface area contributed by atoms with E-state index in [-0.39, 0.29) is 11.7 Å². The molecule has 0 fully saturated rings. The standard InChI is InChI=1S/C17H19FN4OS/c1-11-15(24-10-19-11)5-6-17(23)22(2)8-7-16-20-13-4-3-12(18)9-14(13)21-16/h3-4,9-10H,5-8H2,1-2H3,(H,20,21). The van der Waals surface area contributed by atoms with Gasteiger partial charge in [-0.1, -0.05) is 0 Å². The lowest BCUT2D eigenvalue weighted by molar-refractivity contribution is -0.129. The highest BCUT2D eigenvalue weighted by atomic mass is 32.1. The van der Waals surface area contributed by atoms with Gasteiger partial charge in [-0.25, -0.2) is 14.4 Å². The van der Waals surface area contributed by atoms with Crippen LogP contribution in [0.25, 0.3) is 11.0 Å². The van der Waals surface area contributed by atoms with E-state index in [0.29, 0.717) is 24.9 Å². The van der Waals surface area contributed by atoms with Gasteiger partial charge in [0.15, 0.2) is 0 Å². The quantitative estimate of drug-likeness (QED) is 0.746. The van der Waals surface area contributed by atoms with Gasteiger partial charge in [-0.05, 0) is 31.5 Å². The normalized spacial score (nSPS) is 11.1. The third kappa shape index (κ3) is 3.79. The lowest BCUT2D eigenvalue weighted by Crippen LogP contribution is -2.29. The van der Waals surface area contributed by atoms with Gasteiger partial charge in [-0.15, -0.1) is 11.3 Å². The molecule has 0 bridgehead atoms. The third-order valence-corrected chi connectivity index (χ3v) is 5.01. The van der Waals surface area contributed by atoms with Crippen LogP contribution in [-0.2, 0) is 17.6 Å². The summed E-state index contributed by atoms with van der Waals surface area (Å²) in [5.41, 5.74) is 4.23. The highest BCUT2D eigenvalue weighted by Gasteiger charge is 2.12. The Morgan fingerprint density at radius 2 is 2.21 bits per heavy atom. The summed E-state index contributed by atoms with van der Waals surface area (Å²) in [5.74, 6) is 0.571. The summed E-state index contributed by atoms with van der Waals surface area (Å²) in [6.45, 7) is 2.53. The summed E-state index contributed by atoms with van der Waals surface area (Å²) in [6, 6.07) is 4.47. The van der Waals surface area contributed by atoms with E-state index in [1.54, 1.807) is 29.4 Å². The average Bonchev–Trinajstić information content (AvgIpc) is 3.15. The zero-order valence-electron chi connectivity index (χ0n) is 13.7. The molecule has 126 valence electrons. The van der Waals surface area contributed by atoms with Gasteiger partial charge in [0, 0.05) is 31.3 Å². The van der Waals surface area contributed by atoms with Gasteiger partial charge < -0.3 is 9.88 Å². The molecule has 0 saturated carbocycles. The van der Waals surface area contributed by atoms with Crippen molar-refractivity contribution in [1.29, 1.82) is 0 Å². The van der Waals surface area contributed by atoms with Gasteiger partial charge in [-0.2, -0.15) is 0 Å². The molecule has 3 rings (SSSR count). The number of likely N-dealkylation sites (N-methyl/N-ethyl adjacent to an activating group) is 1. The number of hydrogen-bond donors (Lipinski definition) is 1. The van der Waals surface area contributed by atoms with Crippen molar-refractivity contribution in [2.24, 2.45) is 0 Å². The summed E-state index contributed by atoms with van der Waals surface area (Å²) in [5, 5.41) is 0. The van der Waals surface area contributed by atoms with Gasteiger partial charge in [0.05, 0.1) is 22.2 Å². The Morgan fingerprint density at radius 3 is 2.96 bits per heavy atom. The van der Waals surface area contributed by atoms with Crippen LogP contribution in [0.3, 0.4) is 0 Å². The molecule has 1 amide bonds. The number of aromatic amines is 1. The predicted molar refractivity (Wildman–Crippen MR) is 92.6 cm³/mol. The smallest absolute Gasteiger partial charge is 0.222 e. The molecule has 2 heterocycles. The average molecular weight is 346 g/mol. The van der Waals surface area contributed by atoms with Crippen LogP contribution in [0.1, 0.15) is 22.8 Å². The van der Waals surface area contributed by atoms with Crippen LogP contribution in [0.15, 0.2) is 23.7 Å². The van der Waals surface area contributed by atoms with E-state index < -0.39 is 0 Å². The minimum absolute atomic E-state index is 0.102. The Hall–Kier alpha value is -2.28. The number of benzene rings is 1. The summed E-state index contributed by atoms with van der Waals surface area (Å²) >= 11 is 1.59. The zero-order valence-corrected chi connectivity index (χ0v) is 14.5. The molecule has 0 atom stereocenters.